The summed E-state index contributed by atoms with van der Waals surface area (Å²) in [5.74, 6) is -4.16. The van der Waals surface area contributed by atoms with Crippen LogP contribution < -0.4 is 14.2 Å². The summed E-state index contributed by atoms with van der Waals surface area (Å²) in [6.07, 6.45) is -8.54. The quantitative estimate of drug-likeness (QED) is 0.235. The zero-order chi connectivity index (χ0) is 30.4. The first-order chi connectivity index (χ1) is 19.0. The third-order valence-electron chi connectivity index (χ3n) is 5.43. The molecule has 7 N–H and O–H groups in total. The Bertz CT molecular complexity index is 1390. The lowest BCUT2D eigenvalue weighted by Gasteiger charge is -2.39. The van der Waals surface area contributed by atoms with Gasteiger partial charge in [-0.25, -0.2) is 4.42 Å². The number of phenols is 3. The van der Waals surface area contributed by atoms with E-state index in [2.05, 4.69) is 0 Å². The van der Waals surface area contributed by atoms with Crippen LogP contribution in [0.4, 0.5) is 0 Å². The summed E-state index contributed by atoms with van der Waals surface area (Å²) >= 11 is 0. The van der Waals surface area contributed by atoms with Crippen molar-refractivity contribution >= 4 is 11.0 Å². The van der Waals surface area contributed by atoms with Crippen LogP contribution in [0.5, 0.6) is 34.5 Å². The minimum Gasteiger partial charge on any atom is -0.507 e. The van der Waals surface area contributed by atoms with E-state index in [9.17, 15) is 35.7 Å². The number of rotatable bonds is 6. The van der Waals surface area contributed by atoms with Gasteiger partial charge in [-0.15, -0.1) is 0 Å². The normalized spacial score (nSPS) is 27.6. The molecule has 1 fully saturated rings. The minimum atomic E-state index is -3.11. The molecule has 0 aliphatic carbocycles. The van der Waals surface area contributed by atoms with E-state index < -0.39 is 80.1 Å². The van der Waals surface area contributed by atoms with Gasteiger partial charge in [-0.2, -0.15) is 0 Å². The van der Waals surface area contributed by atoms with E-state index in [1.165, 1.54) is 0 Å². The molecule has 1 aliphatic rings. The van der Waals surface area contributed by atoms with E-state index >= 15 is 0 Å². The molecule has 12 nitrogen and oxygen atoms in total. The molecule has 2 aromatic carbocycles. The third-order valence-corrected chi connectivity index (χ3v) is 5.43. The summed E-state index contributed by atoms with van der Waals surface area (Å²) < 4.78 is 70.9. The van der Waals surface area contributed by atoms with Crippen LogP contribution in [0.15, 0.2) is 34.7 Å². The van der Waals surface area contributed by atoms with Crippen molar-refractivity contribution in [1.29, 1.82) is 0 Å². The minimum absolute atomic E-state index is 0.0529. The smallest absolute Gasteiger partial charge is 0.402 e. The third kappa shape index (κ3) is 4.45. The fourth-order valence-corrected chi connectivity index (χ4v) is 3.63. The van der Waals surface area contributed by atoms with Crippen LogP contribution in [0.3, 0.4) is 0 Å². The number of methoxy groups -OCH3 is 2. The highest BCUT2D eigenvalue weighted by Crippen LogP contribution is 2.45. The fraction of sp³-hybridized carbons (Fsp3) is 0.348. The summed E-state index contributed by atoms with van der Waals surface area (Å²) in [6, 6.07) is 5.07. The Morgan fingerprint density at radius 3 is 2.23 bits per heavy atom. The molecule has 12 heteroatoms. The Hall–Kier alpha value is -3.55. The van der Waals surface area contributed by atoms with Gasteiger partial charge in [0.15, 0.2) is 11.5 Å². The standard InChI is InChI=1S/C23H24O12/c1-31-14-3-9(4-15(32-2)18(14)27)22-16(7-11-12(26)5-10(25)6-13(11)33-22)34-23-21(30)20(29)19(28)17(8-24)35-23/h3-7,17,19-21,23-24,28-30H,8H2,1-2H3,(H2-,25,26,27)/p+1/t17-,19+,20+,21-,23-/m1/s1/i1D3,2D3. The zero-order valence-electron chi connectivity index (χ0n) is 23.7. The molecule has 4 rings (SSSR count). The van der Waals surface area contributed by atoms with Crippen molar-refractivity contribution < 1.29 is 67.3 Å². The van der Waals surface area contributed by atoms with Gasteiger partial charge in [0.2, 0.25) is 17.8 Å². The molecule has 0 amide bonds. The van der Waals surface area contributed by atoms with Gasteiger partial charge >= 0.3 is 11.3 Å². The van der Waals surface area contributed by atoms with Gasteiger partial charge in [0.1, 0.15) is 41.3 Å². The molecule has 5 atom stereocenters. The SMILES string of the molecule is [2H]C([2H])([2H])Oc1cc(-c2[o+]c3cc(O)cc(O)c3cc2O[C@@H]2O[C@H](CO)[C@H](O)[C@H](O)[C@H]2O)cc(OC([2H])([2H])[2H])c1O. The van der Waals surface area contributed by atoms with Crippen molar-refractivity contribution in [2.75, 3.05) is 20.7 Å². The van der Waals surface area contributed by atoms with Crippen LogP contribution in [0.1, 0.15) is 8.22 Å². The van der Waals surface area contributed by atoms with Gasteiger partial charge in [0.25, 0.3) is 0 Å². The van der Waals surface area contributed by atoms with E-state index in [4.69, 9.17) is 31.6 Å². The first kappa shape index (κ1) is 17.8. The maximum Gasteiger partial charge on any atom is 0.402 e. The number of aliphatic hydroxyl groups excluding tert-OH is 4. The lowest BCUT2D eigenvalue weighted by molar-refractivity contribution is -0.277. The summed E-state index contributed by atoms with van der Waals surface area (Å²) in [4.78, 5) is 0. The number of hydrogen-bond donors (Lipinski definition) is 7. The van der Waals surface area contributed by atoms with Gasteiger partial charge < -0.3 is 54.7 Å². The zero-order valence-corrected chi connectivity index (χ0v) is 17.7. The predicted octanol–water partition coefficient (Wildman–Crippen LogP) is 0.694. The number of phenolic OH excluding ortho intramolecular Hbond substituents is 3. The summed E-state index contributed by atoms with van der Waals surface area (Å²) in [7, 11) is -6.22. The Morgan fingerprint density at radius 1 is 0.914 bits per heavy atom. The van der Waals surface area contributed by atoms with Gasteiger partial charge in [0.05, 0.1) is 40.5 Å². The van der Waals surface area contributed by atoms with Crippen LogP contribution in [0.25, 0.3) is 22.3 Å². The highest BCUT2D eigenvalue weighted by Gasteiger charge is 2.45. The van der Waals surface area contributed by atoms with Gasteiger partial charge in [0, 0.05) is 24.3 Å². The maximum absolute atomic E-state index is 10.5. The molecule has 1 aromatic heterocycles. The number of benzene rings is 2. The lowest BCUT2D eigenvalue weighted by Crippen LogP contribution is -2.60. The van der Waals surface area contributed by atoms with E-state index in [1.807, 2.05) is 0 Å². The number of fused-ring (bicyclic) bond motifs is 1. The average Bonchev–Trinajstić information content (AvgIpc) is 2.85. The number of ether oxygens (including phenoxy) is 4. The molecular weight excluding hydrogens is 468 g/mol. The molecule has 35 heavy (non-hydrogen) atoms. The Balaban J connectivity index is 1.93. The second-order valence-electron chi connectivity index (χ2n) is 7.66. The van der Waals surface area contributed by atoms with Gasteiger partial charge in [-0.1, -0.05) is 0 Å². The van der Waals surface area contributed by atoms with E-state index in [0.717, 1.165) is 30.3 Å². The number of aromatic hydroxyl groups is 3. The van der Waals surface area contributed by atoms with Crippen molar-refractivity contribution in [1.82, 2.24) is 0 Å². The van der Waals surface area contributed by atoms with E-state index in [-0.39, 0.29) is 28.0 Å². The van der Waals surface area contributed by atoms with E-state index in [1.54, 1.807) is 0 Å². The summed E-state index contributed by atoms with van der Waals surface area (Å²) in [5.41, 5.74) is -0.395. The Labute approximate surface area is 206 Å². The Morgan fingerprint density at radius 2 is 1.60 bits per heavy atom. The van der Waals surface area contributed by atoms with Gasteiger partial charge in [-0.3, -0.25) is 0 Å². The monoisotopic (exact) mass is 499 g/mol. The topological polar surface area (TPSA) is 190 Å². The fourth-order valence-electron chi connectivity index (χ4n) is 3.63. The molecule has 1 aliphatic heterocycles. The molecule has 3 aromatic rings. The van der Waals surface area contributed by atoms with Crippen LogP contribution in [0.2, 0.25) is 0 Å². The van der Waals surface area contributed by atoms with Gasteiger partial charge in [-0.05, 0) is 0 Å². The molecule has 0 bridgehead atoms. The molecule has 188 valence electrons. The number of hydrogen-bond acceptors (Lipinski definition) is 11. The molecule has 2 heterocycles. The highest BCUT2D eigenvalue weighted by atomic mass is 16.7. The van der Waals surface area contributed by atoms with E-state index in [0.29, 0.717) is 0 Å². The molecule has 0 saturated carbocycles. The van der Waals surface area contributed by atoms with Crippen LogP contribution >= 0.6 is 0 Å². The summed E-state index contributed by atoms with van der Waals surface area (Å²) in [5, 5.41) is 71.0. The highest BCUT2D eigenvalue weighted by molar-refractivity contribution is 5.88. The summed E-state index contributed by atoms with van der Waals surface area (Å²) in [6.45, 7) is -0.774. The van der Waals surface area contributed by atoms with Crippen molar-refractivity contribution in [2.45, 2.75) is 30.7 Å². The van der Waals surface area contributed by atoms with Crippen molar-refractivity contribution in [3.05, 3.63) is 30.3 Å². The second-order valence-corrected chi connectivity index (χ2v) is 7.66. The largest absolute Gasteiger partial charge is 0.507 e. The number of aliphatic hydroxyl groups is 4. The maximum atomic E-state index is 10.5. The molecule has 1 saturated heterocycles. The van der Waals surface area contributed by atoms with Crippen molar-refractivity contribution in [3.8, 4) is 45.8 Å². The van der Waals surface area contributed by atoms with Crippen LogP contribution in [0, 0.1) is 0 Å². The first-order valence-electron chi connectivity index (χ1n) is 13.0. The molecule has 0 spiro atoms. The van der Waals surface area contributed by atoms with Crippen molar-refractivity contribution in [2.24, 2.45) is 0 Å². The lowest BCUT2D eigenvalue weighted by atomic mass is 9.99. The average molecular weight is 499 g/mol. The van der Waals surface area contributed by atoms with Crippen molar-refractivity contribution in [3.63, 3.8) is 0 Å². The Kier molecular flexibility index (Phi) is 4.89. The van der Waals surface area contributed by atoms with Crippen LogP contribution in [-0.2, 0) is 4.74 Å². The molecular formula is C23H25O12+. The second kappa shape index (κ2) is 9.60. The first-order valence-corrected chi connectivity index (χ1v) is 10.0. The molecule has 0 radical (unpaired) electrons. The van der Waals surface area contributed by atoms with Crippen LogP contribution in [-0.4, -0.2) is 87.1 Å². The predicted molar refractivity (Wildman–Crippen MR) is 119 cm³/mol. The molecule has 0 unspecified atom stereocenters.